The standard InChI is InChI=1S/C18H18N2O10S/c21-12-8-14(22)19(17(12)25)11-6-4-10(5-7-11)2-1-3-16(24)30-20-15(23)9-13(18(20)26)31(27,28)29/h4-9,21-23,25-26H,1-3H2,(H,27,28,29). The lowest BCUT2D eigenvalue weighted by molar-refractivity contribution is -0.145. The molecule has 0 atom stereocenters. The minimum absolute atomic E-state index is 0.146. The Morgan fingerprint density at radius 2 is 1.58 bits per heavy atom. The van der Waals surface area contributed by atoms with Gasteiger partial charge in [-0.25, -0.2) is 9.36 Å². The topological polar surface area (TPSA) is 192 Å². The number of benzene rings is 1. The Labute approximate surface area is 175 Å². The minimum Gasteiger partial charge on any atom is -0.503 e. The van der Waals surface area contributed by atoms with E-state index in [9.17, 15) is 38.7 Å². The lowest BCUT2D eigenvalue weighted by atomic mass is 10.1. The molecule has 0 saturated carbocycles. The first-order chi connectivity index (χ1) is 14.5. The van der Waals surface area contributed by atoms with E-state index >= 15 is 0 Å². The van der Waals surface area contributed by atoms with Crippen molar-refractivity contribution in [1.29, 1.82) is 0 Å². The summed E-state index contributed by atoms with van der Waals surface area (Å²) in [5.41, 5.74) is 1.19. The summed E-state index contributed by atoms with van der Waals surface area (Å²) in [6.45, 7) is 0. The van der Waals surface area contributed by atoms with Crippen LogP contribution in [0.3, 0.4) is 0 Å². The molecule has 0 fully saturated rings. The van der Waals surface area contributed by atoms with Gasteiger partial charge in [-0.05, 0) is 30.5 Å². The van der Waals surface area contributed by atoms with Gasteiger partial charge in [0.05, 0.1) is 5.69 Å². The Bertz CT molecular complexity index is 1230. The fourth-order valence-corrected chi connectivity index (χ4v) is 3.42. The predicted octanol–water partition coefficient (Wildman–Crippen LogP) is 1.03. The van der Waals surface area contributed by atoms with Crippen LogP contribution in [0.2, 0.25) is 0 Å². The summed E-state index contributed by atoms with van der Waals surface area (Å²) in [4.78, 5) is 15.6. The van der Waals surface area contributed by atoms with Gasteiger partial charge < -0.3 is 30.4 Å². The van der Waals surface area contributed by atoms with Gasteiger partial charge in [0, 0.05) is 18.6 Å². The number of aryl methyl sites for hydroxylation is 1. The number of nitrogens with zero attached hydrogens (tertiary/aromatic N) is 2. The first-order valence-electron chi connectivity index (χ1n) is 8.73. The molecule has 0 saturated heterocycles. The van der Waals surface area contributed by atoms with E-state index in [1.165, 1.54) is 0 Å². The molecule has 6 N–H and O–H groups in total. The third-order valence-electron chi connectivity index (χ3n) is 4.33. The molecule has 12 nitrogen and oxygen atoms in total. The second kappa shape index (κ2) is 8.12. The van der Waals surface area contributed by atoms with Crippen LogP contribution in [0, 0.1) is 0 Å². The normalized spacial score (nSPS) is 11.5. The Morgan fingerprint density at radius 1 is 0.935 bits per heavy atom. The number of carbonyl (C=O) groups excluding carboxylic acids is 1. The number of hydrogen-bond donors (Lipinski definition) is 6. The highest BCUT2D eigenvalue weighted by Gasteiger charge is 2.25. The molecule has 31 heavy (non-hydrogen) atoms. The van der Waals surface area contributed by atoms with Crippen molar-refractivity contribution in [2.45, 2.75) is 24.2 Å². The van der Waals surface area contributed by atoms with Gasteiger partial charge in [0.2, 0.25) is 17.6 Å². The largest absolute Gasteiger partial charge is 0.503 e. The number of hydrogen-bond acceptors (Lipinski definition) is 9. The Balaban J connectivity index is 1.58. The number of aromatic nitrogens is 2. The van der Waals surface area contributed by atoms with Crippen molar-refractivity contribution in [2.75, 3.05) is 0 Å². The molecule has 0 radical (unpaired) electrons. The van der Waals surface area contributed by atoms with Gasteiger partial charge in [-0.1, -0.05) is 12.1 Å². The minimum atomic E-state index is -4.82. The van der Waals surface area contributed by atoms with E-state index in [2.05, 4.69) is 0 Å². The molecule has 166 valence electrons. The average molecular weight is 454 g/mol. The fourth-order valence-electron chi connectivity index (χ4n) is 2.85. The first-order valence-corrected chi connectivity index (χ1v) is 10.2. The summed E-state index contributed by atoms with van der Waals surface area (Å²) >= 11 is 0. The Hall–Kier alpha value is -3.84. The monoisotopic (exact) mass is 454 g/mol. The quantitative estimate of drug-likeness (QED) is 0.281. The van der Waals surface area contributed by atoms with Crippen LogP contribution in [0.15, 0.2) is 41.3 Å². The molecular weight excluding hydrogens is 436 g/mol. The summed E-state index contributed by atoms with van der Waals surface area (Å²) < 4.78 is 32.3. The molecule has 0 aliphatic carbocycles. The maximum absolute atomic E-state index is 11.9. The van der Waals surface area contributed by atoms with Gasteiger partial charge >= 0.3 is 5.97 Å². The Kier molecular flexibility index (Phi) is 5.73. The van der Waals surface area contributed by atoms with Crippen LogP contribution in [-0.2, 0) is 21.3 Å². The molecule has 3 aromatic rings. The number of aromatic hydroxyl groups is 5. The molecule has 13 heteroatoms. The average Bonchev–Trinajstić information content (AvgIpc) is 3.11. The summed E-state index contributed by atoms with van der Waals surface area (Å²) in [7, 11) is -4.82. The van der Waals surface area contributed by atoms with E-state index in [1.54, 1.807) is 24.3 Å². The number of carbonyl (C=O) groups is 1. The van der Waals surface area contributed by atoms with E-state index in [4.69, 9.17) is 9.39 Å². The van der Waals surface area contributed by atoms with E-state index < -0.39 is 44.4 Å². The van der Waals surface area contributed by atoms with Crippen molar-refractivity contribution in [3.63, 3.8) is 0 Å². The van der Waals surface area contributed by atoms with Gasteiger partial charge in [0.25, 0.3) is 16.0 Å². The van der Waals surface area contributed by atoms with Crippen LogP contribution < -0.4 is 4.84 Å². The lowest BCUT2D eigenvalue weighted by Gasteiger charge is -2.09. The van der Waals surface area contributed by atoms with Crippen LogP contribution in [0.4, 0.5) is 0 Å². The second-order valence-electron chi connectivity index (χ2n) is 6.49. The molecular formula is C18H18N2O10S. The fraction of sp³-hybridized carbons (Fsp3) is 0.167. The van der Waals surface area contributed by atoms with E-state index in [0.29, 0.717) is 24.6 Å². The van der Waals surface area contributed by atoms with Crippen molar-refractivity contribution in [3.05, 3.63) is 42.0 Å². The van der Waals surface area contributed by atoms with E-state index in [0.717, 1.165) is 16.2 Å². The molecule has 0 amide bonds. The predicted molar refractivity (Wildman–Crippen MR) is 103 cm³/mol. The van der Waals surface area contributed by atoms with Crippen LogP contribution in [-0.4, -0.2) is 53.8 Å². The first kappa shape index (κ1) is 21.9. The molecule has 2 aromatic heterocycles. The van der Waals surface area contributed by atoms with Gasteiger partial charge in [0.1, 0.15) is 0 Å². The summed E-state index contributed by atoms with van der Waals surface area (Å²) in [6, 6.07) is 8.05. The van der Waals surface area contributed by atoms with Crippen LogP contribution >= 0.6 is 0 Å². The maximum atomic E-state index is 11.9. The highest BCUT2D eigenvalue weighted by atomic mass is 32.2. The molecule has 0 unspecified atom stereocenters. The third-order valence-corrected chi connectivity index (χ3v) is 5.18. The van der Waals surface area contributed by atoms with Gasteiger partial charge in [-0.2, -0.15) is 8.42 Å². The Morgan fingerprint density at radius 3 is 2.10 bits per heavy atom. The lowest BCUT2D eigenvalue weighted by Crippen LogP contribution is -2.19. The van der Waals surface area contributed by atoms with Crippen LogP contribution in [0.25, 0.3) is 5.69 Å². The zero-order valence-electron chi connectivity index (χ0n) is 15.7. The third kappa shape index (κ3) is 4.51. The summed E-state index contributed by atoms with van der Waals surface area (Å²) in [5.74, 6) is -4.25. The summed E-state index contributed by atoms with van der Waals surface area (Å²) in [6.07, 6.45) is 0.574. The SMILES string of the molecule is O=C(CCCc1ccc(-n2c(O)cc(O)c2O)cc1)On1c(O)cc(S(=O)(=O)O)c1O. The van der Waals surface area contributed by atoms with Crippen molar-refractivity contribution in [3.8, 4) is 35.0 Å². The van der Waals surface area contributed by atoms with E-state index in [-0.39, 0.29) is 17.0 Å². The zero-order chi connectivity index (χ0) is 22.9. The smallest absolute Gasteiger partial charge is 0.333 e. The van der Waals surface area contributed by atoms with Crippen molar-refractivity contribution >= 4 is 16.1 Å². The van der Waals surface area contributed by atoms with Crippen LogP contribution in [0.1, 0.15) is 18.4 Å². The molecule has 1 aromatic carbocycles. The second-order valence-corrected chi connectivity index (χ2v) is 7.88. The highest BCUT2D eigenvalue weighted by molar-refractivity contribution is 7.86. The van der Waals surface area contributed by atoms with Crippen LogP contribution in [0.5, 0.6) is 29.3 Å². The van der Waals surface area contributed by atoms with Crippen molar-refractivity contribution in [2.24, 2.45) is 0 Å². The van der Waals surface area contributed by atoms with Gasteiger partial charge in [0.15, 0.2) is 10.6 Å². The highest BCUT2D eigenvalue weighted by Crippen LogP contribution is 2.36. The number of rotatable bonds is 7. The maximum Gasteiger partial charge on any atom is 0.333 e. The molecule has 3 rings (SSSR count). The molecule has 2 heterocycles. The van der Waals surface area contributed by atoms with Crippen molar-refractivity contribution in [1.82, 2.24) is 9.30 Å². The molecule has 0 aliphatic rings. The van der Waals surface area contributed by atoms with Crippen molar-refractivity contribution < 1.29 is 48.1 Å². The molecule has 0 spiro atoms. The van der Waals surface area contributed by atoms with E-state index in [1.807, 2.05) is 0 Å². The molecule has 0 bridgehead atoms. The van der Waals surface area contributed by atoms with Gasteiger partial charge in [-0.15, -0.1) is 4.73 Å². The zero-order valence-corrected chi connectivity index (χ0v) is 16.5. The van der Waals surface area contributed by atoms with Gasteiger partial charge in [-0.3, -0.25) is 4.55 Å². The summed E-state index contributed by atoms with van der Waals surface area (Å²) in [5, 5.41) is 48.2. The molecule has 0 aliphatic heterocycles.